The molecule has 0 aliphatic rings. The van der Waals surface area contributed by atoms with E-state index in [2.05, 4.69) is 10.4 Å². The molecule has 0 bridgehead atoms. The summed E-state index contributed by atoms with van der Waals surface area (Å²) in [6.07, 6.45) is -3.02. The third-order valence-electron chi connectivity index (χ3n) is 4.24. The Balaban J connectivity index is 1.74. The van der Waals surface area contributed by atoms with Crippen molar-refractivity contribution in [3.8, 4) is 5.75 Å². The van der Waals surface area contributed by atoms with Gasteiger partial charge in [-0.2, -0.15) is 18.3 Å². The van der Waals surface area contributed by atoms with E-state index < -0.39 is 11.7 Å². The maximum absolute atomic E-state index is 12.8. The number of aryl methyl sites for hydroxylation is 2. The number of ether oxygens (including phenoxy) is 1. The molecule has 1 aromatic carbocycles. The van der Waals surface area contributed by atoms with Crippen LogP contribution in [0.4, 0.5) is 18.9 Å². The molecule has 28 heavy (non-hydrogen) atoms. The van der Waals surface area contributed by atoms with Gasteiger partial charge >= 0.3 is 6.18 Å². The molecule has 9 heteroatoms. The number of hydrogen-bond acceptors (Lipinski definition) is 4. The zero-order valence-corrected chi connectivity index (χ0v) is 15.4. The molecule has 1 amide bonds. The quantitative estimate of drug-likeness (QED) is 0.682. The lowest BCUT2D eigenvalue weighted by Crippen LogP contribution is -2.14. The Bertz CT molecular complexity index is 1010. The van der Waals surface area contributed by atoms with E-state index in [1.54, 1.807) is 26.8 Å². The fourth-order valence-electron chi connectivity index (χ4n) is 2.70. The smallest absolute Gasteiger partial charge is 0.416 e. The number of benzene rings is 1. The minimum atomic E-state index is -4.44. The van der Waals surface area contributed by atoms with Crippen molar-refractivity contribution < 1.29 is 27.1 Å². The highest BCUT2D eigenvalue weighted by atomic mass is 19.4. The largest absolute Gasteiger partial charge is 0.471 e. The normalized spacial score (nSPS) is 11.5. The van der Waals surface area contributed by atoms with Gasteiger partial charge in [-0.1, -0.05) is 6.07 Å². The molecule has 2 aromatic heterocycles. The number of carbonyl (C=O) groups is 1. The van der Waals surface area contributed by atoms with Gasteiger partial charge in [0.25, 0.3) is 5.91 Å². The molecule has 0 radical (unpaired) electrons. The fraction of sp³-hybridized carbons (Fsp3) is 0.263. The molecule has 0 unspecified atom stereocenters. The highest BCUT2D eigenvalue weighted by molar-refractivity contribution is 6.05. The number of alkyl halides is 3. The molecule has 3 aromatic rings. The molecule has 0 saturated heterocycles. The molecule has 148 valence electrons. The Hall–Kier alpha value is -3.23. The van der Waals surface area contributed by atoms with Crippen LogP contribution in [0.1, 0.15) is 33.1 Å². The van der Waals surface area contributed by atoms with Crippen molar-refractivity contribution in [3.05, 3.63) is 64.9 Å². The molecule has 0 aliphatic carbocycles. The average Bonchev–Trinajstić information content (AvgIpc) is 3.17. The Kier molecular flexibility index (Phi) is 5.17. The molecule has 0 fully saturated rings. The predicted octanol–water partition coefficient (Wildman–Crippen LogP) is 4.71. The van der Waals surface area contributed by atoms with E-state index in [0.29, 0.717) is 28.4 Å². The fourth-order valence-corrected chi connectivity index (χ4v) is 2.70. The lowest BCUT2D eigenvalue weighted by Gasteiger charge is -2.11. The van der Waals surface area contributed by atoms with Crippen LogP contribution in [0.15, 0.2) is 41.0 Å². The summed E-state index contributed by atoms with van der Waals surface area (Å²) in [6, 6.07) is 6.18. The molecule has 0 spiro atoms. The van der Waals surface area contributed by atoms with Crippen molar-refractivity contribution in [1.82, 2.24) is 9.78 Å². The number of hydrogen-bond donors (Lipinski definition) is 1. The van der Waals surface area contributed by atoms with Crippen LogP contribution in [0, 0.1) is 20.8 Å². The third-order valence-corrected chi connectivity index (χ3v) is 4.24. The number of carbonyl (C=O) groups excluding carboxylic acids is 1. The number of nitrogens with one attached hydrogen (secondary N) is 1. The van der Waals surface area contributed by atoms with Crippen molar-refractivity contribution in [2.24, 2.45) is 0 Å². The zero-order valence-electron chi connectivity index (χ0n) is 15.4. The summed E-state index contributed by atoms with van der Waals surface area (Å²) in [5.41, 5.74) is 1.30. The van der Waals surface area contributed by atoms with Crippen molar-refractivity contribution in [2.75, 3.05) is 5.32 Å². The molecule has 0 aliphatic heterocycles. The van der Waals surface area contributed by atoms with Crippen LogP contribution in [-0.2, 0) is 12.9 Å². The molecule has 0 saturated carbocycles. The highest BCUT2D eigenvalue weighted by Gasteiger charge is 2.30. The number of anilines is 1. The number of furan rings is 1. The van der Waals surface area contributed by atoms with E-state index in [1.165, 1.54) is 23.1 Å². The van der Waals surface area contributed by atoms with Gasteiger partial charge in [0, 0.05) is 0 Å². The van der Waals surface area contributed by atoms with Crippen LogP contribution in [0.5, 0.6) is 5.75 Å². The van der Waals surface area contributed by atoms with Gasteiger partial charge in [-0.3, -0.25) is 4.79 Å². The number of aromatic nitrogens is 2. The second-order valence-corrected chi connectivity index (χ2v) is 6.19. The minimum absolute atomic E-state index is 0.0713. The topological polar surface area (TPSA) is 69.3 Å². The maximum atomic E-state index is 12.8. The van der Waals surface area contributed by atoms with Crippen LogP contribution in [0.2, 0.25) is 0 Å². The maximum Gasteiger partial charge on any atom is 0.416 e. The highest BCUT2D eigenvalue weighted by Crippen LogP contribution is 2.31. The number of halogens is 3. The van der Waals surface area contributed by atoms with Gasteiger partial charge in [-0.15, -0.1) is 0 Å². The number of rotatable bonds is 5. The number of amides is 1. The Labute approximate surface area is 158 Å². The Morgan fingerprint density at radius 1 is 1.25 bits per heavy atom. The lowest BCUT2D eigenvalue weighted by atomic mass is 10.2. The van der Waals surface area contributed by atoms with Gasteiger partial charge in [-0.05, 0) is 45.0 Å². The molecule has 2 heterocycles. The van der Waals surface area contributed by atoms with Crippen LogP contribution in [0.3, 0.4) is 0 Å². The van der Waals surface area contributed by atoms with Gasteiger partial charge in [0.05, 0.1) is 34.5 Å². The van der Waals surface area contributed by atoms with Crippen LogP contribution >= 0.6 is 0 Å². The molecular weight excluding hydrogens is 375 g/mol. The monoisotopic (exact) mass is 393 g/mol. The standard InChI is InChI=1S/C19H18F3N3O3/c1-11-17(23-18(26)16-7-8-27-13(16)3)12(2)25(24-11)10-28-15-6-4-5-14(9-15)19(20,21)22/h4-9H,10H2,1-3H3,(H,23,26). The Morgan fingerprint density at radius 2 is 2.00 bits per heavy atom. The van der Waals surface area contributed by atoms with Gasteiger partial charge in [-0.25, -0.2) is 4.68 Å². The van der Waals surface area contributed by atoms with E-state index in [-0.39, 0.29) is 18.4 Å². The van der Waals surface area contributed by atoms with Crippen LogP contribution in [0.25, 0.3) is 0 Å². The zero-order chi connectivity index (χ0) is 20.5. The molecular formula is C19H18F3N3O3. The van der Waals surface area contributed by atoms with E-state index in [4.69, 9.17) is 9.15 Å². The first kappa shape index (κ1) is 19.5. The van der Waals surface area contributed by atoms with E-state index in [0.717, 1.165) is 12.1 Å². The van der Waals surface area contributed by atoms with Gasteiger partial charge < -0.3 is 14.5 Å². The van der Waals surface area contributed by atoms with Crippen LogP contribution in [-0.4, -0.2) is 15.7 Å². The van der Waals surface area contributed by atoms with Crippen molar-refractivity contribution in [1.29, 1.82) is 0 Å². The second-order valence-electron chi connectivity index (χ2n) is 6.19. The minimum Gasteiger partial charge on any atom is -0.471 e. The molecule has 6 nitrogen and oxygen atoms in total. The summed E-state index contributed by atoms with van der Waals surface area (Å²) >= 11 is 0. The van der Waals surface area contributed by atoms with Crippen molar-refractivity contribution in [3.63, 3.8) is 0 Å². The van der Waals surface area contributed by atoms with Gasteiger partial charge in [0.15, 0.2) is 6.73 Å². The number of nitrogens with zero attached hydrogens (tertiary/aromatic N) is 2. The first-order valence-corrected chi connectivity index (χ1v) is 8.36. The van der Waals surface area contributed by atoms with Crippen LogP contribution < -0.4 is 10.1 Å². The third kappa shape index (κ3) is 4.03. The first-order valence-electron chi connectivity index (χ1n) is 8.36. The summed E-state index contributed by atoms with van der Waals surface area (Å²) in [6.45, 7) is 5.02. The van der Waals surface area contributed by atoms with Crippen molar-refractivity contribution in [2.45, 2.75) is 33.7 Å². The summed E-state index contributed by atoms with van der Waals surface area (Å²) in [7, 11) is 0. The van der Waals surface area contributed by atoms with E-state index in [9.17, 15) is 18.0 Å². The molecule has 0 atom stereocenters. The Morgan fingerprint density at radius 3 is 2.64 bits per heavy atom. The molecule has 1 N–H and O–H groups in total. The summed E-state index contributed by atoms with van der Waals surface area (Å²) in [4.78, 5) is 12.4. The second kappa shape index (κ2) is 7.41. The van der Waals surface area contributed by atoms with Gasteiger partial charge in [0.2, 0.25) is 0 Å². The first-order chi connectivity index (χ1) is 13.2. The predicted molar refractivity (Wildman–Crippen MR) is 95.2 cm³/mol. The summed E-state index contributed by atoms with van der Waals surface area (Å²) in [5, 5.41) is 7.07. The summed E-state index contributed by atoms with van der Waals surface area (Å²) in [5.74, 6) is 0.228. The van der Waals surface area contributed by atoms with E-state index in [1.807, 2.05) is 0 Å². The average molecular weight is 393 g/mol. The lowest BCUT2D eigenvalue weighted by molar-refractivity contribution is -0.137. The van der Waals surface area contributed by atoms with Gasteiger partial charge in [0.1, 0.15) is 11.5 Å². The summed E-state index contributed by atoms with van der Waals surface area (Å²) < 4.78 is 50.4. The van der Waals surface area contributed by atoms with Crippen molar-refractivity contribution >= 4 is 11.6 Å². The SMILES string of the molecule is Cc1nn(COc2cccc(C(F)(F)F)c2)c(C)c1NC(=O)c1ccoc1C. The molecule has 3 rings (SSSR count). The van der Waals surface area contributed by atoms with E-state index >= 15 is 0 Å².